The van der Waals surface area contributed by atoms with Crippen molar-refractivity contribution in [2.75, 3.05) is 19.7 Å². The molecule has 2 aliphatic rings. The van der Waals surface area contributed by atoms with E-state index >= 15 is 0 Å². The number of hydrogen-bond donors (Lipinski definition) is 1. The molecule has 1 heterocycles. The average Bonchev–Trinajstić information content (AvgIpc) is 2.99. The Morgan fingerprint density at radius 1 is 1.55 bits per heavy atom. The maximum atomic E-state index is 13.9. The average molecular weight is 307 g/mol. The molecule has 0 amide bonds. The van der Waals surface area contributed by atoms with E-state index in [2.05, 4.69) is 4.90 Å². The lowest BCUT2D eigenvalue weighted by Gasteiger charge is -2.23. The van der Waals surface area contributed by atoms with Crippen molar-refractivity contribution >= 4 is 5.97 Å². The number of hydrogen-bond acceptors (Lipinski definition) is 3. The van der Waals surface area contributed by atoms with Crippen LogP contribution in [-0.2, 0) is 11.3 Å². The van der Waals surface area contributed by atoms with E-state index in [-0.39, 0.29) is 17.5 Å². The van der Waals surface area contributed by atoms with Crippen molar-refractivity contribution in [1.29, 1.82) is 0 Å². The summed E-state index contributed by atoms with van der Waals surface area (Å²) >= 11 is 0. The van der Waals surface area contributed by atoms with E-state index in [4.69, 9.17) is 4.74 Å². The Morgan fingerprint density at radius 2 is 2.36 bits per heavy atom. The quantitative estimate of drug-likeness (QED) is 0.909. The highest BCUT2D eigenvalue weighted by Crippen LogP contribution is 2.49. The molecule has 1 aliphatic heterocycles. The van der Waals surface area contributed by atoms with Crippen LogP contribution < -0.4 is 4.74 Å². The largest absolute Gasteiger partial charge is 0.491 e. The smallest absolute Gasteiger partial charge is 0.311 e. The molecule has 2 fully saturated rings. The molecule has 1 aromatic carbocycles. The van der Waals surface area contributed by atoms with Crippen LogP contribution in [0.2, 0.25) is 0 Å². The van der Waals surface area contributed by atoms with Gasteiger partial charge in [0.25, 0.3) is 0 Å². The number of rotatable bonds is 5. The highest BCUT2D eigenvalue weighted by atomic mass is 19.1. The minimum absolute atomic E-state index is 0.234. The van der Waals surface area contributed by atoms with E-state index in [0.717, 1.165) is 31.4 Å². The van der Waals surface area contributed by atoms with Crippen molar-refractivity contribution in [3.05, 3.63) is 29.6 Å². The maximum Gasteiger partial charge on any atom is 0.311 e. The molecular formula is C17H22FNO3. The molecule has 3 rings (SSSR count). The van der Waals surface area contributed by atoms with E-state index in [1.54, 1.807) is 6.07 Å². The molecule has 1 saturated heterocycles. The molecule has 0 radical (unpaired) electrons. The first-order chi connectivity index (χ1) is 10.5. The number of nitrogens with zero attached hydrogens (tertiary/aromatic N) is 1. The third-order valence-corrected chi connectivity index (χ3v) is 5.07. The van der Waals surface area contributed by atoms with Crippen molar-refractivity contribution in [2.24, 2.45) is 11.3 Å². The number of benzene rings is 1. The zero-order valence-electron chi connectivity index (χ0n) is 12.8. The van der Waals surface area contributed by atoms with Gasteiger partial charge in [-0.05, 0) is 43.4 Å². The molecule has 2 atom stereocenters. The van der Waals surface area contributed by atoms with Crippen molar-refractivity contribution in [3.63, 3.8) is 0 Å². The van der Waals surface area contributed by atoms with Crippen LogP contribution >= 0.6 is 0 Å². The summed E-state index contributed by atoms with van der Waals surface area (Å²) in [5.41, 5.74) is 0.283. The first kappa shape index (κ1) is 15.3. The normalized spacial score (nSPS) is 27.8. The van der Waals surface area contributed by atoms with E-state index in [1.165, 1.54) is 6.07 Å². The molecule has 1 aliphatic carbocycles. The lowest BCUT2D eigenvalue weighted by Crippen LogP contribution is -2.35. The van der Waals surface area contributed by atoms with E-state index in [0.29, 0.717) is 19.7 Å². The Labute approximate surface area is 129 Å². The molecular weight excluding hydrogens is 285 g/mol. The van der Waals surface area contributed by atoms with Gasteiger partial charge in [0.2, 0.25) is 0 Å². The summed E-state index contributed by atoms with van der Waals surface area (Å²) in [5.74, 6) is -0.522. The zero-order chi connectivity index (χ0) is 15.7. The standard InChI is InChI=1S/C17H22FNO3/c1-2-22-15-6-5-12(8-14(15)18)9-19-10-13-4-3-7-17(13,11-19)16(20)21/h5-6,8,13H,2-4,7,9-11H2,1H3,(H,20,21)/t13-,17+/m0/s1. The molecule has 22 heavy (non-hydrogen) atoms. The lowest BCUT2D eigenvalue weighted by molar-refractivity contribution is -0.149. The fourth-order valence-corrected chi connectivity index (χ4v) is 4.04. The number of carbonyl (C=O) groups is 1. The van der Waals surface area contributed by atoms with E-state index < -0.39 is 11.4 Å². The van der Waals surface area contributed by atoms with Gasteiger partial charge in [-0.2, -0.15) is 0 Å². The fourth-order valence-electron chi connectivity index (χ4n) is 4.04. The Kier molecular flexibility index (Phi) is 4.08. The van der Waals surface area contributed by atoms with Crippen LogP contribution in [0.1, 0.15) is 31.7 Å². The van der Waals surface area contributed by atoms with Gasteiger partial charge in [0.1, 0.15) is 0 Å². The van der Waals surface area contributed by atoms with E-state index in [9.17, 15) is 14.3 Å². The van der Waals surface area contributed by atoms with E-state index in [1.807, 2.05) is 13.0 Å². The minimum atomic E-state index is -0.671. The first-order valence-electron chi connectivity index (χ1n) is 7.92. The lowest BCUT2D eigenvalue weighted by atomic mass is 9.81. The first-order valence-corrected chi connectivity index (χ1v) is 7.92. The third-order valence-electron chi connectivity index (χ3n) is 5.07. The van der Waals surface area contributed by atoms with Gasteiger partial charge in [-0.1, -0.05) is 12.5 Å². The predicted molar refractivity (Wildman–Crippen MR) is 80.3 cm³/mol. The summed E-state index contributed by atoms with van der Waals surface area (Å²) in [4.78, 5) is 13.8. The van der Waals surface area contributed by atoms with Gasteiger partial charge in [-0.15, -0.1) is 0 Å². The topological polar surface area (TPSA) is 49.8 Å². The summed E-state index contributed by atoms with van der Waals surface area (Å²) in [6.07, 6.45) is 2.75. The van der Waals surface area contributed by atoms with Crippen molar-refractivity contribution < 1.29 is 19.0 Å². The van der Waals surface area contributed by atoms with Crippen LogP contribution in [0.3, 0.4) is 0 Å². The number of ether oxygens (including phenoxy) is 1. The number of carboxylic acid groups (broad SMARTS) is 1. The highest BCUT2D eigenvalue weighted by Gasteiger charge is 2.54. The number of likely N-dealkylation sites (tertiary alicyclic amines) is 1. The van der Waals surface area contributed by atoms with Crippen LogP contribution in [0.15, 0.2) is 18.2 Å². The molecule has 0 bridgehead atoms. The van der Waals surface area contributed by atoms with Crippen LogP contribution in [0.4, 0.5) is 4.39 Å². The van der Waals surface area contributed by atoms with Crippen LogP contribution in [0, 0.1) is 17.2 Å². The number of fused-ring (bicyclic) bond motifs is 1. The SMILES string of the molecule is CCOc1ccc(CN2C[C@@H]3CCC[C@@]3(C(=O)O)C2)cc1F. The summed E-state index contributed by atoms with van der Waals surface area (Å²) in [6.45, 7) is 4.21. The third kappa shape index (κ3) is 2.58. The van der Waals surface area contributed by atoms with Crippen LogP contribution in [0.5, 0.6) is 5.75 Å². The number of aliphatic carboxylic acids is 1. The van der Waals surface area contributed by atoms with Gasteiger partial charge in [-0.25, -0.2) is 4.39 Å². The molecule has 0 aromatic heterocycles. The summed E-state index contributed by atoms with van der Waals surface area (Å²) in [6, 6.07) is 5.00. The van der Waals surface area contributed by atoms with Crippen LogP contribution in [-0.4, -0.2) is 35.7 Å². The Morgan fingerprint density at radius 3 is 3.00 bits per heavy atom. The Bertz CT molecular complexity index is 577. The molecule has 1 N–H and O–H groups in total. The zero-order valence-corrected chi connectivity index (χ0v) is 12.8. The second kappa shape index (κ2) is 5.88. The Balaban J connectivity index is 1.70. The van der Waals surface area contributed by atoms with Crippen molar-refractivity contribution in [2.45, 2.75) is 32.7 Å². The molecule has 120 valence electrons. The summed E-state index contributed by atoms with van der Waals surface area (Å²) in [5, 5.41) is 9.59. The minimum Gasteiger partial charge on any atom is -0.491 e. The van der Waals surface area contributed by atoms with Gasteiger partial charge in [0.05, 0.1) is 12.0 Å². The summed E-state index contributed by atoms with van der Waals surface area (Å²) < 4.78 is 19.1. The predicted octanol–water partition coefficient (Wildman–Crippen LogP) is 2.91. The van der Waals surface area contributed by atoms with Gasteiger partial charge in [-0.3, -0.25) is 9.69 Å². The molecule has 1 aromatic rings. The Hall–Kier alpha value is -1.62. The highest BCUT2D eigenvalue weighted by molar-refractivity contribution is 5.76. The molecule has 4 nitrogen and oxygen atoms in total. The monoisotopic (exact) mass is 307 g/mol. The second-order valence-corrected chi connectivity index (χ2v) is 6.42. The second-order valence-electron chi connectivity index (χ2n) is 6.42. The number of halogens is 1. The molecule has 0 unspecified atom stereocenters. The van der Waals surface area contributed by atoms with Gasteiger partial charge in [0.15, 0.2) is 11.6 Å². The fraction of sp³-hybridized carbons (Fsp3) is 0.588. The molecule has 5 heteroatoms. The van der Waals surface area contributed by atoms with Crippen molar-refractivity contribution in [3.8, 4) is 5.75 Å². The van der Waals surface area contributed by atoms with Gasteiger partial charge >= 0.3 is 5.97 Å². The molecule has 0 spiro atoms. The van der Waals surface area contributed by atoms with Crippen LogP contribution in [0.25, 0.3) is 0 Å². The summed E-state index contributed by atoms with van der Waals surface area (Å²) in [7, 11) is 0. The maximum absolute atomic E-state index is 13.9. The number of carboxylic acids is 1. The van der Waals surface area contributed by atoms with Gasteiger partial charge < -0.3 is 9.84 Å². The molecule has 1 saturated carbocycles. The van der Waals surface area contributed by atoms with Crippen molar-refractivity contribution in [1.82, 2.24) is 4.90 Å². The van der Waals surface area contributed by atoms with Gasteiger partial charge in [0, 0.05) is 19.6 Å².